The molecule has 1 amide bonds. The van der Waals surface area contributed by atoms with Crippen molar-refractivity contribution in [1.29, 1.82) is 0 Å². The summed E-state index contributed by atoms with van der Waals surface area (Å²) >= 11 is 1.57. The number of hydrogen-bond donors (Lipinski definition) is 2. The van der Waals surface area contributed by atoms with Gasteiger partial charge < -0.3 is 15.8 Å². The number of ether oxygens (including phenoxy) is 1. The van der Waals surface area contributed by atoms with Crippen LogP contribution < -0.4 is 15.8 Å². The zero-order valence-electron chi connectivity index (χ0n) is 10.8. The summed E-state index contributed by atoms with van der Waals surface area (Å²) in [5, 5.41) is 3.14. The van der Waals surface area contributed by atoms with Crippen LogP contribution in [0, 0.1) is 0 Å². The molecule has 0 saturated carbocycles. The highest BCUT2D eigenvalue weighted by atomic mass is 32.2. The molecule has 0 bridgehead atoms. The van der Waals surface area contributed by atoms with E-state index < -0.39 is 0 Å². The molecule has 0 fully saturated rings. The molecule has 1 rings (SSSR count). The van der Waals surface area contributed by atoms with Gasteiger partial charge in [0.05, 0.1) is 13.2 Å². The molecule has 1 aromatic carbocycles. The summed E-state index contributed by atoms with van der Waals surface area (Å²) in [5.41, 5.74) is 5.37. The zero-order chi connectivity index (χ0) is 13.4. The Hall–Kier alpha value is -1.20. The van der Waals surface area contributed by atoms with Crippen LogP contribution in [0.5, 0.6) is 5.75 Å². The van der Waals surface area contributed by atoms with Crippen LogP contribution in [0.1, 0.15) is 13.3 Å². The lowest BCUT2D eigenvalue weighted by atomic mass is 10.3. The van der Waals surface area contributed by atoms with E-state index in [4.69, 9.17) is 10.5 Å². The van der Waals surface area contributed by atoms with Gasteiger partial charge in [0, 0.05) is 10.6 Å². The van der Waals surface area contributed by atoms with Gasteiger partial charge in [-0.3, -0.25) is 4.79 Å². The van der Waals surface area contributed by atoms with Crippen molar-refractivity contribution in [1.82, 2.24) is 5.32 Å². The lowest BCUT2D eigenvalue weighted by Gasteiger charge is -2.15. The second kappa shape index (κ2) is 8.00. The molecule has 1 unspecified atom stereocenters. The molecule has 4 nitrogen and oxygen atoms in total. The molecule has 0 aromatic heterocycles. The van der Waals surface area contributed by atoms with Crippen LogP contribution >= 0.6 is 11.8 Å². The monoisotopic (exact) mass is 268 g/mol. The Morgan fingerprint density at radius 3 is 2.83 bits per heavy atom. The minimum atomic E-state index is -0.314. The summed E-state index contributed by atoms with van der Waals surface area (Å²) < 4.78 is 5.26. The number of para-hydroxylation sites is 1. The van der Waals surface area contributed by atoms with Crippen LogP contribution in [-0.4, -0.2) is 31.4 Å². The Morgan fingerprint density at radius 1 is 1.50 bits per heavy atom. The van der Waals surface area contributed by atoms with Crippen molar-refractivity contribution in [3.8, 4) is 5.75 Å². The summed E-state index contributed by atoms with van der Waals surface area (Å²) in [5.74, 6) is 1.11. The molecule has 1 atom stereocenters. The van der Waals surface area contributed by atoms with Crippen LogP contribution in [0.4, 0.5) is 0 Å². The van der Waals surface area contributed by atoms with E-state index in [2.05, 4.69) is 12.2 Å². The maximum Gasteiger partial charge on any atom is 0.235 e. The summed E-state index contributed by atoms with van der Waals surface area (Å²) in [7, 11) is 1.64. The summed E-state index contributed by atoms with van der Waals surface area (Å²) in [6.45, 7) is 2.85. The Morgan fingerprint density at radius 2 is 2.22 bits per heavy atom. The number of thioether (sulfide) groups is 1. The molecular weight excluding hydrogens is 248 g/mol. The number of primary amides is 1. The number of nitrogens with two attached hydrogens (primary N) is 1. The summed E-state index contributed by atoms with van der Waals surface area (Å²) in [4.78, 5) is 12.3. The third-order valence-corrected chi connectivity index (χ3v) is 3.61. The molecular formula is C13H20N2O2S. The van der Waals surface area contributed by atoms with Gasteiger partial charge in [-0.05, 0) is 25.1 Å². The third kappa shape index (κ3) is 4.58. The number of hydrogen-bond acceptors (Lipinski definition) is 4. The molecule has 3 N–H and O–H groups in total. The topological polar surface area (TPSA) is 64.3 Å². The van der Waals surface area contributed by atoms with Gasteiger partial charge in [0.1, 0.15) is 5.75 Å². The Balaban J connectivity index is 2.58. The lowest BCUT2D eigenvalue weighted by Crippen LogP contribution is -2.43. The van der Waals surface area contributed by atoms with E-state index in [1.807, 2.05) is 24.3 Å². The lowest BCUT2D eigenvalue weighted by molar-refractivity contribution is -0.119. The van der Waals surface area contributed by atoms with Crippen molar-refractivity contribution in [3.63, 3.8) is 0 Å². The molecule has 5 heteroatoms. The average Bonchev–Trinajstić information content (AvgIpc) is 2.38. The van der Waals surface area contributed by atoms with Gasteiger partial charge in [-0.2, -0.15) is 0 Å². The summed E-state index contributed by atoms with van der Waals surface area (Å²) in [6, 6.07) is 7.44. The van der Waals surface area contributed by atoms with Crippen molar-refractivity contribution < 1.29 is 9.53 Å². The Kier molecular flexibility index (Phi) is 6.60. The summed E-state index contributed by atoms with van der Waals surface area (Å²) in [6.07, 6.45) is 0.975. The van der Waals surface area contributed by atoms with Gasteiger partial charge in [0.25, 0.3) is 0 Å². The zero-order valence-corrected chi connectivity index (χ0v) is 11.6. The van der Waals surface area contributed by atoms with E-state index in [-0.39, 0.29) is 11.9 Å². The largest absolute Gasteiger partial charge is 0.496 e. The molecule has 0 aliphatic heterocycles. The fraction of sp³-hybridized carbons (Fsp3) is 0.462. The van der Waals surface area contributed by atoms with Crippen molar-refractivity contribution >= 4 is 17.7 Å². The Bertz CT molecular complexity index is 385. The number of carbonyl (C=O) groups excluding carboxylic acids is 1. The number of methoxy groups -OCH3 is 1. The van der Waals surface area contributed by atoms with Crippen molar-refractivity contribution in [2.75, 3.05) is 19.4 Å². The van der Waals surface area contributed by atoms with E-state index in [0.29, 0.717) is 5.75 Å². The highest BCUT2D eigenvalue weighted by molar-refractivity contribution is 7.99. The quantitative estimate of drug-likeness (QED) is 0.704. The first kappa shape index (κ1) is 14.9. The molecule has 1 aromatic rings. The van der Waals surface area contributed by atoms with Gasteiger partial charge in [0.15, 0.2) is 0 Å². The van der Waals surface area contributed by atoms with Gasteiger partial charge in [0.2, 0.25) is 5.91 Å². The molecule has 100 valence electrons. The number of amides is 1. The molecule has 0 aliphatic rings. The smallest absolute Gasteiger partial charge is 0.235 e. The predicted molar refractivity (Wildman–Crippen MR) is 75.0 cm³/mol. The fourth-order valence-electron chi connectivity index (χ4n) is 1.47. The fourth-order valence-corrected chi connectivity index (χ4v) is 2.57. The standard InChI is InChI=1S/C13H20N2O2S/c1-3-8-15-10(13(14)16)9-18-12-7-5-4-6-11(12)17-2/h4-7,10,15H,3,8-9H2,1-2H3,(H2,14,16). The van der Waals surface area contributed by atoms with Gasteiger partial charge in [-0.1, -0.05) is 19.1 Å². The predicted octanol–water partition coefficient (Wildman–Crippen LogP) is 1.64. The number of rotatable bonds is 8. The first-order valence-corrected chi connectivity index (χ1v) is 6.96. The number of nitrogens with one attached hydrogen (secondary N) is 1. The SMILES string of the molecule is CCCNC(CSc1ccccc1OC)C(N)=O. The third-order valence-electron chi connectivity index (χ3n) is 2.46. The van der Waals surface area contributed by atoms with E-state index in [0.717, 1.165) is 23.6 Å². The molecule has 0 radical (unpaired) electrons. The first-order chi connectivity index (χ1) is 8.69. The van der Waals surface area contributed by atoms with Crippen LogP contribution in [-0.2, 0) is 4.79 Å². The van der Waals surface area contributed by atoms with E-state index in [1.54, 1.807) is 18.9 Å². The molecule has 0 saturated heterocycles. The molecule has 18 heavy (non-hydrogen) atoms. The second-order valence-corrected chi connectivity index (χ2v) is 4.93. The molecule has 0 aliphatic carbocycles. The van der Waals surface area contributed by atoms with Crippen LogP contribution in [0.2, 0.25) is 0 Å². The average molecular weight is 268 g/mol. The first-order valence-electron chi connectivity index (χ1n) is 5.97. The second-order valence-electron chi connectivity index (χ2n) is 3.87. The minimum Gasteiger partial charge on any atom is -0.496 e. The van der Waals surface area contributed by atoms with Crippen LogP contribution in [0.25, 0.3) is 0 Å². The van der Waals surface area contributed by atoms with Crippen LogP contribution in [0.15, 0.2) is 29.2 Å². The number of benzene rings is 1. The molecule has 0 heterocycles. The highest BCUT2D eigenvalue weighted by Gasteiger charge is 2.15. The van der Waals surface area contributed by atoms with Gasteiger partial charge in [-0.25, -0.2) is 0 Å². The highest BCUT2D eigenvalue weighted by Crippen LogP contribution is 2.28. The van der Waals surface area contributed by atoms with Crippen molar-refractivity contribution in [2.45, 2.75) is 24.3 Å². The van der Waals surface area contributed by atoms with E-state index >= 15 is 0 Å². The van der Waals surface area contributed by atoms with Crippen molar-refractivity contribution in [3.05, 3.63) is 24.3 Å². The van der Waals surface area contributed by atoms with Crippen molar-refractivity contribution in [2.24, 2.45) is 5.73 Å². The Labute approximate surface area is 112 Å². The number of carbonyl (C=O) groups is 1. The maximum absolute atomic E-state index is 11.3. The maximum atomic E-state index is 11.3. The van der Waals surface area contributed by atoms with Gasteiger partial charge in [-0.15, -0.1) is 11.8 Å². The normalized spacial score (nSPS) is 12.1. The van der Waals surface area contributed by atoms with E-state index in [1.165, 1.54) is 0 Å². The molecule has 0 spiro atoms. The van der Waals surface area contributed by atoms with Crippen LogP contribution in [0.3, 0.4) is 0 Å². The van der Waals surface area contributed by atoms with Gasteiger partial charge >= 0.3 is 0 Å². The minimum absolute atomic E-state index is 0.306. The van der Waals surface area contributed by atoms with E-state index in [9.17, 15) is 4.79 Å².